The summed E-state index contributed by atoms with van der Waals surface area (Å²) in [7, 11) is 0. The topological polar surface area (TPSA) is 33.5 Å². The highest BCUT2D eigenvalue weighted by molar-refractivity contribution is 8.26. The Labute approximate surface area is 138 Å². The lowest BCUT2D eigenvalue weighted by molar-refractivity contribution is -0.122. The molecule has 0 atom stereocenters. The molecule has 22 heavy (non-hydrogen) atoms. The number of nitrogens with zero attached hydrogens (tertiary/aromatic N) is 1. The predicted molar refractivity (Wildman–Crippen MR) is 93.0 cm³/mol. The standard InChI is InChI=1S/C17H13NO2S2/c19-16-15(10-4-8-14-9-5-11-20-14)22-17(21)18(16)12-13-6-2-1-3-7-13/h1-11H,12H2/b8-4+,15-10+. The first kappa shape index (κ1) is 14.8. The molecule has 1 fully saturated rings. The van der Waals surface area contributed by atoms with Gasteiger partial charge < -0.3 is 4.42 Å². The van der Waals surface area contributed by atoms with Gasteiger partial charge in [0.25, 0.3) is 5.91 Å². The van der Waals surface area contributed by atoms with Gasteiger partial charge in [-0.3, -0.25) is 9.69 Å². The number of hydrogen-bond acceptors (Lipinski definition) is 4. The van der Waals surface area contributed by atoms with Crippen LogP contribution in [0, 0.1) is 0 Å². The fraction of sp³-hybridized carbons (Fsp3) is 0.0588. The second-order valence-electron chi connectivity index (χ2n) is 4.65. The summed E-state index contributed by atoms with van der Waals surface area (Å²) >= 11 is 6.63. The number of amides is 1. The lowest BCUT2D eigenvalue weighted by atomic mass is 10.2. The third-order valence-corrected chi connectivity index (χ3v) is 4.50. The summed E-state index contributed by atoms with van der Waals surface area (Å²) in [6, 6.07) is 13.5. The van der Waals surface area contributed by atoms with Crippen LogP contribution in [0.25, 0.3) is 6.08 Å². The molecule has 1 saturated heterocycles. The zero-order valence-electron chi connectivity index (χ0n) is 11.6. The monoisotopic (exact) mass is 327 g/mol. The molecule has 1 amide bonds. The molecule has 3 nitrogen and oxygen atoms in total. The van der Waals surface area contributed by atoms with Gasteiger partial charge in [0.15, 0.2) is 0 Å². The van der Waals surface area contributed by atoms with E-state index >= 15 is 0 Å². The Hall–Kier alpha value is -2.11. The van der Waals surface area contributed by atoms with E-state index in [-0.39, 0.29) is 5.91 Å². The van der Waals surface area contributed by atoms with E-state index in [0.29, 0.717) is 15.8 Å². The zero-order chi connectivity index (χ0) is 15.4. The molecule has 1 aliphatic rings. The van der Waals surface area contributed by atoms with Gasteiger partial charge in [0, 0.05) is 0 Å². The van der Waals surface area contributed by atoms with Crippen molar-refractivity contribution in [3.63, 3.8) is 0 Å². The minimum atomic E-state index is -0.0528. The second-order valence-corrected chi connectivity index (χ2v) is 6.33. The van der Waals surface area contributed by atoms with Gasteiger partial charge >= 0.3 is 0 Å². The van der Waals surface area contributed by atoms with E-state index in [2.05, 4.69) is 0 Å². The largest absolute Gasteiger partial charge is 0.465 e. The normalized spacial score (nSPS) is 17.1. The molecule has 1 aromatic heterocycles. The molecule has 110 valence electrons. The molecule has 0 bridgehead atoms. The summed E-state index contributed by atoms with van der Waals surface area (Å²) in [6.45, 7) is 0.505. The molecule has 1 aromatic carbocycles. The van der Waals surface area contributed by atoms with Crippen molar-refractivity contribution in [3.05, 3.63) is 77.1 Å². The molecule has 1 aliphatic heterocycles. The van der Waals surface area contributed by atoms with Crippen LogP contribution < -0.4 is 0 Å². The van der Waals surface area contributed by atoms with Crippen LogP contribution in [0.5, 0.6) is 0 Å². The van der Waals surface area contributed by atoms with E-state index in [0.717, 1.165) is 11.3 Å². The molecule has 0 unspecified atom stereocenters. The average molecular weight is 327 g/mol. The van der Waals surface area contributed by atoms with E-state index < -0.39 is 0 Å². The summed E-state index contributed by atoms with van der Waals surface area (Å²) in [5, 5.41) is 0. The van der Waals surface area contributed by atoms with E-state index in [9.17, 15) is 4.79 Å². The average Bonchev–Trinajstić information content (AvgIpc) is 3.13. The minimum absolute atomic E-state index is 0.0528. The Morgan fingerprint density at radius 3 is 2.73 bits per heavy atom. The van der Waals surface area contributed by atoms with Crippen LogP contribution in [0.4, 0.5) is 0 Å². The number of thioether (sulfide) groups is 1. The Kier molecular flexibility index (Phi) is 4.56. The van der Waals surface area contributed by atoms with Crippen molar-refractivity contribution in [2.45, 2.75) is 6.54 Å². The molecule has 0 spiro atoms. The van der Waals surface area contributed by atoms with Crippen molar-refractivity contribution >= 4 is 40.3 Å². The Morgan fingerprint density at radius 2 is 2.00 bits per heavy atom. The number of allylic oxidation sites excluding steroid dienone is 2. The molecule has 2 heterocycles. The van der Waals surface area contributed by atoms with E-state index in [1.54, 1.807) is 23.3 Å². The molecule has 2 aromatic rings. The van der Waals surface area contributed by atoms with Gasteiger partial charge in [0.05, 0.1) is 17.7 Å². The fourth-order valence-electron chi connectivity index (χ4n) is 2.03. The molecular weight excluding hydrogens is 314 g/mol. The van der Waals surface area contributed by atoms with Crippen molar-refractivity contribution in [2.75, 3.05) is 0 Å². The zero-order valence-corrected chi connectivity index (χ0v) is 13.3. The van der Waals surface area contributed by atoms with Crippen LogP contribution in [0.2, 0.25) is 0 Å². The van der Waals surface area contributed by atoms with Gasteiger partial charge in [-0.1, -0.05) is 60.4 Å². The minimum Gasteiger partial charge on any atom is -0.465 e. The van der Waals surface area contributed by atoms with Gasteiger partial charge in [-0.05, 0) is 29.8 Å². The van der Waals surface area contributed by atoms with E-state index in [1.165, 1.54) is 11.8 Å². The number of carbonyl (C=O) groups excluding carboxylic acids is 1. The van der Waals surface area contributed by atoms with Crippen molar-refractivity contribution in [2.24, 2.45) is 0 Å². The lowest BCUT2D eigenvalue weighted by Crippen LogP contribution is -2.27. The van der Waals surface area contributed by atoms with E-state index in [1.807, 2.05) is 48.5 Å². The quantitative estimate of drug-likeness (QED) is 0.621. The molecular formula is C17H13NO2S2. The number of rotatable bonds is 4. The number of hydrogen-bond donors (Lipinski definition) is 0. The van der Waals surface area contributed by atoms with Crippen LogP contribution in [-0.4, -0.2) is 15.1 Å². The maximum Gasteiger partial charge on any atom is 0.266 e. The van der Waals surface area contributed by atoms with Crippen LogP contribution >= 0.6 is 24.0 Å². The Morgan fingerprint density at radius 1 is 1.18 bits per heavy atom. The molecule has 0 aliphatic carbocycles. The van der Waals surface area contributed by atoms with Gasteiger partial charge in [-0.15, -0.1) is 0 Å². The summed E-state index contributed by atoms with van der Waals surface area (Å²) in [5.74, 6) is 0.693. The molecule has 0 radical (unpaired) electrons. The van der Waals surface area contributed by atoms with Crippen molar-refractivity contribution in [1.29, 1.82) is 0 Å². The third kappa shape index (κ3) is 3.37. The smallest absolute Gasteiger partial charge is 0.266 e. The predicted octanol–water partition coefficient (Wildman–Crippen LogP) is 4.24. The van der Waals surface area contributed by atoms with E-state index in [4.69, 9.17) is 16.6 Å². The Balaban J connectivity index is 1.71. The van der Waals surface area contributed by atoms with Crippen LogP contribution in [-0.2, 0) is 11.3 Å². The highest BCUT2D eigenvalue weighted by Gasteiger charge is 2.31. The van der Waals surface area contributed by atoms with Gasteiger partial charge in [-0.2, -0.15) is 0 Å². The maximum absolute atomic E-state index is 12.4. The number of furan rings is 1. The number of benzene rings is 1. The molecule has 5 heteroatoms. The van der Waals surface area contributed by atoms with Crippen LogP contribution in [0.3, 0.4) is 0 Å². The fourth-order valence-corrected chi connectivity index (χ4v) is 3.24. The lowest BCUT2D eigenvalue weighted by Gasteiger charge is -2.14. The summed E-state index contributed by atoms with van der Waals surface area (Å²) in [4.78, 5) is 14.7. The Bertz CT molecular complexity index is 733. The first-order valence-electron chi connectivity index (χ1n) is 6.73. The number of thiocarbonyl (C=S) groups is 1. The first-order valence-corrected chi connectivity index (χ1v) is 7.96. The van der Waals surface area contributed by atoms with Gasteiger partial charge in [-0.25, -0.2) is 0 Å². The summed E-state index contributed by atoms with van der Waals surface area (Å²) in [6.07, 6.45) is 6.99. The van der Waals surface area contributed by atoms with Gasteiger partial charge in [0.1, 0.15) is 10.1 Å². The third-order valence-electron chi connectivity index (χ3n) is 3.11. The first-order chi connectivity index (χ1) is 10.7. The molecule has 0 N–H and O–H groups in total. The highest BCUT2D eigenvalue weighted by atomic mass is 32.2. The van der Waals surface area contributed by atoms with Crippen molar-refractivity contribution in [3.8, 4) is 0 Å². The maximum atomic E-state index is 12.4. The number of carbonyl (C=O) groups is 1. The molecule has 0 saturated carbocycles. The SMILES string of the molecule is O=C1/C(=C\C=C\c2ccco2)SC(=S)N1Cc1ccccc1. The van der Waals surface area contributed by atoms with Crippen LogP contribution in [0.1, 0.15) is 11.3 Å². The van der Waals surface area contributed by atoms with Gasteiger partial charge in [0.2, 0.25) is 0 Å². The van der Waals surface area contributed by atoms with Crippen molar-refractivity contribution in [1.82, 2.24) is 4.90 Å². The summed E-state index contributed by atoms with van der Waals surface area (Å²) < 4.78 is 5.79. The highest BCUT2D eigenvalue weighted by Crippen LogP contribution is 2.32. The molecule has 3 rings (SSSR count). The van der Waals surface area contributed by atoms with Crippen molar-refractivity contribution < 1.29 is 9.21 Å². The second kappa shape index (κ2) is 6.77. The summed E-state index contributed by atoms with van der Waals surface area (Å²) in [5.41, 5.74) is 1.06. The van der Waals surface area contributed by atoms with Crippen LogP contribution in [0.15, 0.2) is 70.2 Å².